The molecule has 0 spiro atoms. The number of nitrogens with one attached hydrogen (secondary N) is 1. The molecule has 10 nitrogen and oxygen atoms in total. The summed E-state index contributed by atoms with van der Waals surface area (Å²) in [7, 11) is -1.94. The van der Waals surface area contributed by atoms with Gasteiger partial charge in [-0.1, -0.05) is 0 Å². The first-order chi connectivity index (χ1) is 14.8. The number of alkyl halides is 2. The van der Waals surface area contributed by atoms with Crippen molar-refractivity contribution >= 4 is 16.0 Å². The zero-order chi connectivity index (χ0) is 22.0. The Hall–Kier alpha value is -2.38. The Morgan fingerprint density at radius 2 is 2.03 bits per heavy atom. The highest BCUT2D eigenvalue weighted by molar-refractivity contribution is 7.89. The largest absolute Gasteiger partial charge is 0.471 e. The van der Waals surface area contributed by atoms with Crippen LogP contribution in [0.2, 0.25) is 0 Å². The minimum absolute atomic E-state index is 0.0968. The molecular weight excluding hydrogens is 434 g/mol. The van der Waals surface area contributed by atoms with E-state index in [2.05, 4.69) is 20.4 Å². The lowest BCUT2D eigenvalue weighted by molar-refractivity contribution is 0.119. The molecule has 170 valence electrons. The highest BCUT2D eigenvalue weighted by Crippen LogP contribution is 2.30. The monoisotopic (exact) mass is 458 g/mol. The van der Waals surface area contributed by atoms with Crippen molar-refractivity contribution in [3.05, 3.63) is 24.2 Å². The van der Waals surface area contributed by atoms with Gasteiger partial charge in [0.15, 0.2) is 0 Å². The molecule has 0 saturated carbocycles. The maximum atomic E-state index is 13.3. The molecule has 2 aliphatic rings. The third-order valence-corrected chi connectivity index (χ3v) is 7.14. The lowest BCUT2D eigenvalue weighted by atomic mass is 10.1. The number of aromatic nitrogens is 4. The number of hydrogen-bond acceptors (Lipinski definition) is 8. The molecular formula is C18H24F2N6O4S. The van der Waals surface area contributed by atoms with E-state index in [9.17, 15) is 17.2 Å². The fraction of sp³-hybridized carbons (Fsp3) is 0.611. The van der Waals surface area contributed by atoms with E-state index in [1.54, 1.807) is 7.05 Å². The van der Waals surface area contributed by atoms with Gasteiger partial charge in [-0.2, -0.15) is 14.4 Å². The Morgan fingerprint density at radius 1 is 1.26 bits per heavy atom. The summed E-state index contributed by atoms with van der Waals surface area (Å²) < 4.78 is 65.7. The molecule has 2 aliphatic heterocycles. The summed E-state index contributed by atoms with van der Waals surface area (Å²) in [5.41, 5.74) is -0.366. The standard InChI is InChI=1S/C18H24F2N6O4S/c1-25-10-14(8-22-25)31(27,28)26-5-2-12(3-6-26)23-18-21-9-15(16(19)20)17(24-18)30-13-4-7-29-11-13/h8-10,12-13,16H,2-7,11H2,1H3,(H,21,23,24)/t13-/m0/s1. The van der Waals surface area contributed by atoms with Crippen LogP contribution >= 0.6 is 0 Å². The predicted molar refractivity (Wildman–Crippen MR) is 105 cm³/mol. The van der Waals surface area contributed by atoms with Gasteiger partial charge < -0.3 is 14.8 Å². The number of nitrogens with zero attached hydrogens (tertiary/aromatic N) is 5. The van der Waals surface area contributed by atoms with Gasteiger partial charge in [-0.15, -0.1) is 0 Å². The van der Waals surface area contributed by atoms with Crippen LogP contribution in [0.1, 0.15) is 31.3 Å². The van der Waals surface area contributed by atoms with Crippen molar-refractivity contribution in [2.24, 2.45) is 7.05 Å². The predicted octanol–water partition coefficient (Wildman–Crippen LogP) is 1.58. The number of hydrogen-bond donors (Lipinski definition) is 1. The van der Waals surface area contributed by atoms with Gasteiger partial charge in [-0.05, 0) is 12.8 Å². The minimum atomic E-state index is -3.60. The van der Waals surface area contributed by atoms with Crippen LogP contribution in [-0.4, -0.2) is 70.9 Å². The van der Waals surface area contributed by atoms with Crippen LogP contribution in [0.15, 0.2) is 23.5 Å². The summed E-state index contributed by atoms with van der Waals surface area (Å²) in [6.45, 7) is 1.48. The molecule has 4 heterocycles. The molecule has 0 aliphatic carbocycles. The van der Waals surface area contributed by atoms with Crippen molar-refractivity contribution < 1.29 is 26.7 Å². The molecule has 2 aromatic rings. The minimum Gasteiger partial charge on any atom is -0.471 e. The number of sulfonamides is 1. The van der Waals surface area contributed by atoms with Crippen LogP contribution in [0.3, 0.4) is 0 Å². The van der Waals surface area contributed by atoms with Gasteiger partial charge in [0.2, 0.25) is 21.9 Å². The average Bonchev–Trinajstić information content (AvgIpc) is 3.40. The Labute approximate surface area is 178 Å². The van der Waals surface area contributed by atoms with E-state index in [1.165, 1.54) is 21.4 Å². The van der Waals surface area contributed by atoms with E-state index < -0.39 is 16.4 Å². The Morgan fingerprint density at radius 3 is 2.65 bits per heavy atom. The number of rotatable bonds is 7. The van der Waals surface area contributed by atoms with Gasteiger partial charge in [0.25, 0.3) is 6.43 Å². The molecule has 2 saturated heterocycles. The fourth-order valence-electron chi connectivity index (χ4n) is 3.56. The summed E-state index contributed by atoms with van der Waals surface area (Å²) in [4.78, 5) is 8.30. The van der Waals surface area contributed by atoms with Crippen molar-refractivity contribution in [1.82, 2.24) is 24.1 Å². The topological polar surface area (TPSA) is 111 Å². The molecule has 4 rings (SSSR count). The van der Waals surface area contributed by atoms with Crippen LogP contribution in [0, 0.1) is 0 Å². The van der Waals surface area contributed by atoms with Crippen molar-refractivity contribution in [3.63, 3.8) is 0 Å². The third kappa shape index (κ3) is 4.93. The first-order valence-corrected chi connectivity index (χ1v) is 11.4. The highest BCUT2D eigenvalue weighted by Gasteiger charge is 2.31. The zero-order valence-electron chi connectivity index (χ0n) is 16.9. The van der Waals surface area contributed by atoms with E-state index in [0.29, 0.717) is 45.6 Å². The molecule has 2 fully saturated rings. The van der Waals surface area contributed by atoms with Crippen LogP contribution in [0.5, 0.6) is 5.88 Å². The van der Waals surface area contributed by atoms with E-state index in [4.69, 9.17) is 9.47 Å². The zero-order valence-corrected chi connectivity index (χ0v) is 17.8. The fourth-order valence-corrected chi connectivity index (χ4v) is 5.01. The Balaban J connectivity index is 1.40. The highest BCUT2D eigenvalue weighted by atomic mass is 32.2. The second kappa shape index (κ2) is 9.01. The van der Waals surface area contributed by atoms with Crippen molar-refractivity contribution in [3.8, 4) is 5.88 Å². The van der Waals surface area contributed by atoms with Gasteiger partial charge in [0, 0.05) is 45.0 Å². The molecule has 0 aromatic carbocycles. The lowest BCUT2D eigenvalue weighted by Crippen LogP contribution is -2.42. The van der Waals surface area contributed by atoms with Crippen LogP contribution in [0.25, 0.3) is 0 Å². The number of anilines is 1. The van der Waals surface area contributed by atoms with Gasteiger partial charge in [-0.25, -0.2) is 22.2 Å². The number of halogens is 2. The van der Waals surface area contributed by atoms with Gasteiger partial charge in [0.1, 0.15) is 11.0 Å². The first kappa shape index (κ1) is 21.8. The third-order valence-electron chi connectivity index (χ3n) is 5.29. The summed E-state index contributed by atoms with van der Waals surface area (Å²) in [6.07, 6.45) is 2.43. The van der Waals surface area contributed by atoms with E-state index in [0.717, 1.165) is 6.20 Å². The van der Waals surface area contributed by atoms with Crippen LogP contribution < -0.4 is 10.1 Å². The summed E-state index contributed by atoms with van der Waals surface area (Å²) in [5.74, 6) is 0.0199. The van der Waals surface area contributed by atoms with E-state index >= 15 is 0 Å². The van der Waals surface area contributed by atoms with Gasteiger partial charge in [0.05, 0.1) is 25.0 Å². The smallest absolute Gasteiger partial charge is 0.270 e. The quantitative estimate of drug-likeness (QED) is 0.666. The molecule has 31 heavy (non-hydrogen) atoms. The van der Waals surface area contributed by atoms with Crippen LogP contribution in [0.4, 0.5) is 14.7 Å². The molecule has 0 radical (unpaired) electrons. The average molecular weight is 458 g/mol. The molecule has 0 amide bonds. The molecule has 1 N–H and O–H groups in total. The SMILES string of the molecule is Cn1cc(S(=O)(=O)N2CCC(Nc3ncc(C(F)F)c(O[C@H]4CCOC4)n3)CC2)cn1. The maximum absolute atomic E-state index is 13.3. The summed E-state index contributed by atoms with van der Waals surface area (Å²) in [6, 6.07) is -0.0968. The first-order valence-electron chi connectivity index (χ1n) is 9.98. The summed E-state index contributed by atoms with van der Waals surface area (Å²) in [5, 5.41) is 7.03. The van der Waals surface area contributed by atoms with Crippen molar-refractivity contribution in [2.45, 2.75) is 42.7 Å². The second-order valence-corrected chi connectivity index (χ2v) is 9.47. The van der Waals surface area contributed by atoms with Gasteiger partial charge in [-0.3, -0.25) is 4.68 Å². The second-order valence-electron chi connectivity index (χ2n) is 7.53. The Kier molecular flexibility index (Phi) is 6.34. The van der Waals surface area contributed by atoms with Crippen molar-refractivity contribution in [1.29, 1.82) is 0 Å². The number of piperidine rings is 1. The van der Waals surface area contributed by atoms with E-state index in [-0.39, 0.29) is 34.4 Å². The molecule has 13 heteroatoms. The van der Waals surface area contributed by atoms with Crippen molar-refractivity contribution in [2.75, 3.05) is 31.6 Å². The summed E-state index contributed by atoms with van der Waals surface area (Å²) >= 11 is 0. The normalized spacial score (nSPS) is 21.0. The maximum Gasteiger partial charge on any atom is 0.270 e. The number of ether oxygens (including phenoxy) is 2. The molecule has 0 unspecified atom stereocenters. The molecule has 2 aromatic heterocycles. The molecule has 1 atom stereocenters. The number of aryl methyl sites for hydroxylation is 1. The molecule has 0 bridgehead atoms. The Bertz CT molecular complexity index is 1000. The lowest BCUT2D eigenvalue weighted by Gasteiger charge is -2.31. The van der Waals surface area contributed by atoms with Gasteiger partial charge >= 0.3 is 0 Å². The van der Waals surface area contributed by atoms with E-state index in [1.807, 2.05) is 0 Å². The van der Waals surface area contributed by atoms with Crippen LogP contribution in [-0.2, 0) is 21.8 Å².